The fourth-order valence-electron chi connectivity index (χ4n) is 3.78. The molecule has 0 saturated heterocycles. The number of anilines is 1. The molecule has 1 aliphatic heterocycles. The lowest BCUT2D eigenvalue weighted by Crippen LogP contribution is -2.31. The number of carbonyl (C=O) groups is 2. The molecule has 0 radical (unpaired) electrons. The highest BCUT2D eigenvalue weighted by atomic mass is 35.5. The number of aryl methyl sites for hydroxylation is 2. The molecule has 1 aliphatic rings. The van der Waals surface area contributed by atoms with Crippen LogP contribution in [-0.2, 0) is 4.79 Å². The first-order valence-corrected chi connectivity index (χ1v) is 11.0. The van der Waals surface area contributed by atoms with Crippen molar-refractivity contribution in [2.75, 3.05) is 4.90 Å². The number of hydrogen-bond donors (Lipinski definition) is 1. The molecule has 1 amide bonds. The number of fused-ring (bicyclic) bond motifs is 1. The molecule has 6 nitrogen and oxygen atoms in total. The third-order valence-corrected chi connectivity index (χ3v) is 6.84. The molecule has 0 spiro atoms. The molecule has 1 unspecified atom stereocenters. The topological polar surface area (TPSA) is 83.6 Å². The lowest BCUT2D eigenvalue weighted by atomic mass is 9.95. The van der Waals surface area contributed by atoms with Crippen LogP contribution in [0.5, 0.6) is 0 Å². The van der Waals surface area contributed by atoms with Crippen LogP contribution in [0.25, 0.3) is 11.0 Å². The molecule has 5 rings (SSSR count). The number of benzene rings is 2. The number of carbonyl (C=O) groups excluding carboxylic acids is 2. The van der Waals surface area contributed by atoms with E-state index in [0.717, 1.165) is 16.0 Å². The lowest BCUT2D eigenvalue weighted by molar-refractivity contribution is -0.117. The van der Waals surface area contributed by atoms with Crippen molar-refractivity contribution < 1.29 is 19.1 Å². The van der Waals surface area contributed by atoms with Gasteiger partial charge in [0.1, 0.15) is 5.58 Å². The van der Waals surface area contributed by atoms with Gasteiger partial charge in [-0.2, -0.15) is 0 Å². The molecule has 8 heteroatoms. The molecule has 2 aromatic carbocycles. The minimum absolute atomic E-state index is 0.0489. The van der Waals surface area contributed by atoms with Gasteiger partial charge in [-0.25, -0.2) is 4.98 Å². The summed E-state index contributed by atoms with van der Waals surface area (Å²) in [6.07, 6.45) is 0. The van der Waals surface area contributed by atoms with Gasteiger partial charge in [0.25, 0.3) is 5.91 Å². The lowest BCUT2D eigenvalue weighted by Gasteiger charge is -2.24. The van der Waals surface area contributed by atoms with E-state index in [0.29, 0.717) is 21.3 Å². The number of Topliss-reactive ketones (excluding diaryl/α,β-unsaturated/α-hetero) is 1. The SMILES string of the molecule is Cc1nc(N2C(=O)C(O)=C(C(=O)c3cc4ccccc4o3)C2c2ccc(Cl)cc2)sc1C. The molecule has 0 aliphatic carbocycles. The van der Waals surface area contributed by atoms with Crippen LogP contribution in [0.1, 0.15) is 32.7 Å². The standard InChI is InChI=1S/C24H17ClN2O4S/c1-12-13(2)32-24(26-12)27-20(14-7-9-16(25)10-8-14)19(22(29)23(27)30)21(28)18-11-15-5-3-4-6-17(15)31-18/h3-11,20,29H,1-2H3. The predicted molar refractivity (Wildman–Crippen MR) is 123 cm³/mol. The average molecular weight is 465 g/mol. The van der Waals surface area contributed by atoms with E-state index in [1.807, 2.05) is 26.0 Å². The number of hydrogen-bond acceptors (Lipinski definition) is 6. The number of ketones is 1. The molecule has 4 aromatic rings. The second-order valence-corrected chi connectivity index (χ2v) is 9.13. The maximum absolute atomic E-state index is 13.5. The first-order valence-electron chi connectivity index (χ1n) is 9.84. The maximum atomic E-state index is 13.5. The van der Waals surface area contributed by atoms with Gasteiger partial charge in [0.2, 0.25) is 5.78 Å². The Morgan fingerprint density at radius 3 is 2.53 bits per heavy atom. The minimum Gasteiger partial charge on any atom is -0.503 e. The number of thiazole rings is 1. The van der Waals surface area contributed by atoms with Crippen molar-refractivity contribution in [3.63, 3.8) is 0 Å². The van der Waals surface area contributed by atoms with Gasteiger partial charge < -0.3 is 9.52 Å². The molecular weight excluding hydrogens is 448 g/mol. The van der Waals surface area contributed by atoms with Crippen LogP contribution >= 0.6 is 22.9 Å². The Hall–Kier alpha value is -3.42. The normalized spacial score (nSPS) is 16.4. The van der Waals surface area contributed by atoms with Crippen molar-refractivity contribution in [3.05, 3.63) is 92.8 Å². The molecule has 0 saturated carbocycles. The van der Waals surface area contributed by atoms with E-state index in [1.54, 1.807) is 42.5 Å². The Kier molecular flexibility index (Phi) is 4.87. The molecule has 0 bridgehead atoms. The average Bonchev–Trinajstić information content (AvgIpc) is 3.43. The summed E-state index contributed by atoms with van der Waals surface area (Å²) in [5, 5.41) is 12.5. The zero-order valence-corrected chi connectivity index (χ0v) is 18.7. The summed E-state index contributed by atoms with van der Waals surface area (Å²) in [4.78, 5) is 33.5. The van der Waals surface area contributed by atoms with Gasteiger partial charge in [-0.1, -0.05) is 41.9 Å². The highest BCUT2D eigenvalue weighted by molar-refractivity contribution is 7.15. The van der Waals surface area contributed by atoms with Crippen LogP contribution < -0.4 is 4.90 Å². The summed E-state index contributed by atoms with van der Waals surface area (Å²) in [5.74, 6) is -1.80. The molecule has 1 atom stereocenters. The van der Waals surface area contributed by atoms with E-state index < -0.39 is 23.5 Å². The number of rotatable bonds is 4. The molecule has 1 N–H and O–H groups in total. The minimum atomic E-state index is -0.870. The first kappa shape index (κ1) is 20.5. The number of furan rings is 1. The van der Waals surface area contributed by atoms with E-state index in [9.17, 15) is 14.7 Å². The number of nitrogens with zero attached hydrogens (tertiary/aromatic N) is 2. The van der Waals surface area contributed by atoms with Gasteiger partial charge in [0, 0.05) is 15.3 Å². The van der Waals surface area contributed by atoms with Crippen LogP contribution in [0.3, 0.4) is 0 Å². The largest absolute Gasteiger partial charge is 0.503 e. The van der Waals surface area contributed by atoms with Gasteiger partial charge >= 0.3 is 0 Å². The summed E-state index contributed by atoms with van der Waals surface area (Å²) in [6, 6.07) is 14.8. The predicted octanol–water partition coefficient (Wildman–Crippen LogP) is 5.94. The Labute approximate surface area is 192 Å². The fourth-order valence-corrected chi connectivity index (χ4v) is 4.84. The highest BCUT2D eigenvalue weighted by Crippen LogP contribution is 2.44. The van der Waals surface area contributed by atoms with Crippen molar-refractivity contribution in [3.8, 4) is 0 Å². The highest BCUT2D eigenvalue weighted by Gasteiger charge is 2.46. The number of aliphatic hydroxyl groups excluding tert-OH is 1. The van der Waals surface area contributed by atoms with Gasteiger partial charge in [0.15, 0.2) is 16.7 Å². The summed E-state index contributed by atoms with van der Waals surface area (Å²) >= 11 is 7.39. The quantitative estimate of drug-likeness (QED) is 0.378. The number of aliphatic hydroxyl groups is 1. The molecule has 0 fully saturated rings. The Morgan fingerprint density at radius 2 is 1.88 bits per heavy atom. The zero-order chi connectivity index (χ0) is 22.6. The summed E-state index contributed by atoms with van der Waals surface area (Å²) < 4.78 is 5.73. The van der Waals surface area contributed by atoms with Crippen LogP contribution in [-0.4, -0.2) is 21.8 Å². The second kappa shape index (κ2) is 7.62. The van der Waals surface area contributed by atoms with Crippen molar-refractivity contribution in [1.29, 1.82) is 0 Å². The van der Waals surface area contributed by atoms with E-state index in [1.165, 1.54) is 16.2 Å². The van der Waals surface area contributed by atoms with E-state index in [-0.39, 0.29) is 11.3 Å². The van der Waals surface area contributed by atoms with Crippen molar-refractivity contribution in [2.24, 2.45) is 0 Å². The van der Waals surface area contributed by atoms with Crippen LogP contribution in [0.15, 0.2) is 70.3 Å². The Morgan fingerprint density at radius 1 is 1.16 bits per heavy atom. The smallest absolute Gasteiger partial charge is 0.296 e. The fraction of sp³-hybridized carbons (Fsp3) is 0.125. The number of amides is 1. The van der Waals surface area contributed by atoms with Crippen molar-refractivity contribution in [1.82, 2.24) is 4.98 Å². The van der Waals surface area contributed by atoms with E-state index in [4.69, 9.17) is 16.0 Å². The van der Waals surface area contributed by atoms with Crippen LogP contribution in [0.4, 0.5) is 5.13 Å². The second-order valence-electron chi connectivity index (χ2n) is 7.51. The summed E-state index contributed by atoms with van der Waals surface area (Å²) in [7, 11) is 0. The third kappa shape index (κ3) is 3.21. The van der Waals surface area contributed by atoms with Gasteiger partial charge in [-0.15, -0.1) is 11.3 Å². The molecule has 2 aromatic heterocycles. The van der Waals surface area contributed by atoms with Crippen LogP contribution in [0, 0.1) is 13.8 Å². The molecule has 3 heterocycles. The molecule has 32 heavy (non-hydrogen) atoms. The monoisotopic (exact) mass is 464 g/mol. The summed E-state index contributed by atoms with van der Waals surface area (Å²) in [6.45, 7) is 3.75. The Balaban J connectivity index is 1.67. The van der Waals surface area contributed by atoms with Crippen molar-refractivity contribution in [2.45, 2.75) is 19.9 Å². The number of para-hydroxylation sites is 1. The number of aromatic nitrogens is 1. The van der Waals surface area contributed by atoms with Gasteiger partial charge in [-0.3, -0.25) is 14.5 Å². The molecule has 160 valence electrons. The Bertz CT molecular complexity index is 1370. The van der Waals surface area contributed by atoms with E-state index in [2.05, 4.69) is 4.98 Å². The van der Waals surface area contributed by atoms with Gasteiger partial charge in [0.05, 0.1) is 17.3 Å². The number of halogens is 1. The van der Waals surface area contributed by atoms with E-state index >= 15 is 0 Å². The summed E-state index contributed by atoms with van der Waals surface area (Å²) in [5.41, 5.74) is 1.90. The molecular formula is C24H17ClN2O4S. The zero-order valence-electron chi connectivity index (χ0n) is 17.1. The van der Waals surface area contributed by atoms with Crippen LogP contribution in [0.2, 0.25) is 5.02 Å². The third-order valence-electron chi connectivity index (χ3n) is 5.51. The van der Waals surface area contributed by atoms with Crippen molar-refractivity contribution >= 4 is 50.7 Å². The maximum Gasteiger partial charge on any atom is 0.296 e. The van der Waals surface area contributed by atoms with Gasteiger partial charge in [-0.05, 0) is 43.7 Å². The first-order chi connectivity index (χ1) is 15.3.